The van der Waals surface area contributed by atoms with Crippen LogP contribution in [0.3, 0.4) is 0 Å². The zero-order valence-electron chi connectivity index (χ0n) is 9.86. The SMILES string of the molecule is CCO/N=C(\C(=O)OC)C1=C(O)CCCC1=O. The highest BCUT2D eigenvalue weighted by atomic mass is 16.6. The Morgan fingerprint density at radius 3 is 2.71 bits per heavy atom. The van der Waals surface area contributed by atoms with Crippen molar-refractivity contribution >= 4 is 17.5 Å². The fourth-order valence-electron chi connectivity index (χ4n) is 1.51. The third-order valence-electron chi connectivity index (χ3n) is 2.29. The lowest BCUT2D eigenvalue weighted by atomic mass is 9.93. The summed E-state index contributed by atoms with van der Waals surface area (Å²) in [6.07, 6.45) is 1.20. The lowest BCUT2D eigenvalue weighted by Gasteiger charge is -2.15. The number of nitrogens with zero attached hydrogens (tertiary/aromatic N) is 1. The molecule has 0 bridgehead atoms. The second kappa shape index (κ2) is 6.03. The lowest BCUT2D eigenvalue weighted by Crippen LogP contribution is -2.27. The van der Waals surface area contributed by atoms with Crippen molar-refractivity contribution in [2.45, 2.75) is 26.2 Å². The number of hydrogen-bond acceptors (Lipinski definition) is 6. The molecular weight excluding hydrogens is 226 g/mol. The average Bonchev–Trinajstić information content (AvgIpc) is 2.32. The number of carbonyl (C=O) groups excluding carboxylic acids is 2. The summed E-state index contributed by atoms with van der Waals surface area (Å²) in [4.78, 5) is 27.9. The number of esters is 1. The van der Waals surface area contributed by atoms with Gasteiger partial charge in [-0.05, 0) is 13.3 Å². The molecule has 17 heavy (non-hydrogen) atoms. The van der Waals surface area contributed by atoms with Crippen LogP contribution in [-0.4, -0.2) is 36.3 Å². The molecule has 0 saturated heterocycles. The highest BCUT2D eigenvalue weighted by Crippen LogP contribution is 2.21. The van der Waals surface area contributed by atoms with E-state index in [2.05, 4.69) is 9.89 Å². The van der Waals surface area contributed by atoms with Crippen molar-refractivity contribution in [3.8, 4) is 0 Å². The smallest absolute Gasteiger partial charge is 0.361 e. The number of hydrogen-bond donors (Lipinski definition) is 1. The van der Waals surface area contributed by atoms with Gasteiger partial charge in [-0.2, -0.15) is 0 Å². The van der Waals surface area contributed by atoms with Crippen LogP contribution < -0.4 is 0 Å². The van der Waals surface area contributed by atoms with Crippen LogP contribution in [0, 0.1) is 0 Å². The van der Waals surface area contributed by atoms with E-state index < -0.39 is 5.97 Å². The molecule has 0 spiro atoms. The Morgan fingerprint density at radius 2 is 2.18 bits per heavy atom. The summed E-state index contributed by atoms with van der Waals surface area (Å²) in [5, 5.41) is 13.2. The highest BCUT2D eigenvalue weighted by molar-refractivity contribution is 6.49. The first-order valence-electron chi connectivity index (χ1n) is 5.35. The fraction of sp³-hybridized carbons (Fsp3) is 0.545. The second-order valence-electron chi connectivity index (χ2n) is 3.45. The minimum atomic E-state index is -0.796. The highest BCUT2D eigenvalue weighted by Gasteiger charge is 2.30. The second-order valence-corrected chi connectivity index (χ2v) is 3.45. The van der Waals surface area contributed by atoms with Crippen LogP contribution in [0.15, 0.2) is 16.5 Å². The van der Waals surface area contributed by atoms with E-state index in [0.29, 0.717) is 12.8 Å². The largest absolute Gasteiger partial charge is 0.511 e. The zero-order valence-corrected chi connectivity index (χ0v) is 9.86. The molecule has 1 aliphatic rings. The van der Waals surface area contributed by atoms with Crippen LogP contribution in [0.25, 0.3) is 0 Å². The summed E-state index contributed by atoms with van der Waals surface area (Å²) in [5.41, 5.74) is -0.354. The maximum atomic E-state index is 11.7. The number of methoxy groups -OCH3 is 1. The number of allylic oxidation sites excluding steroid dienone is 1. The maximum Gasteiger partial charge on any atom is 0.361 e. The Balaban J connectivity index is 3.13. The molecular formula is C11H15NO5. The molecule has 0 unspecified atom stereocenters. The molecule has 0 aliphatic heterocycles. The average molecular weight is 241 g/mol. The summed E-state index contributed by atoms with van der Waals surface area (Å²) in [5.74, 6) is -1.25. The Labute approximate surface area is 98.9 Å². The van der Waals surface area contributed by atoms with Crippen LogP contribution in [0.4, 0.5) is 0 Å². The van der Waals surface area contributed by atoms with E-state index in [1.807, 2.05) is 0 Å². The van der Waals surface area contributed by atoms with Crippen molar-refractivity contribution in [2.24, 2.45) is 5.16 Å². The minimum absolute atomic E-state index is 0.0865. The van der Waals surface area contributed by atoms with Gasteiger partial charge in [0.1, 0.15) is 12.4 Å². The van der Waals surface area contributed by atoms with Gasteiger partial charge in [0.2, 0.25) is 5.71 Å². The first kappa shape index (κ1) is 13.2. The van der Waals surface area contributed by atoms with E-state index in [0.717, 1.165) is 0 Å². The summed E-state index contributed by atoms with van der Waals surface area (Å²) in [6.45, 7) is 1.94. The predicted molar refractivity (Wildman–Crippen MR) is 59.6 cm³/mol. The third kappa shape index (κ3) is 3.05. The third-order valence-corrected chi connectivity index (χ3v) is 2.29. The van der Waals surface area contributed by atoms with Gasteiger partial charge in [0.05, 0.1) is 12.7 Å². The first-order valence-corrected chi connectivity index (χ1v) is 5.35. The van der Waals surface area contributed by atoms with Crippen molar-refractivity contribution in [3.05, 3.63) is 11.3 Å². The predicted octanol–water partition coefficient (Wildman–Crippen LogP) is 1.12. The summed E-state index contributed by atoms with van der Waals surface area (Å²) >= 11 is 0. The van der Waals surface area contributed by atoms with Gasteiger partial charge in [-0.15, -0.1) is 0 Å². The van der Waals surface area contributed by atoms with Gasteiger partial charge in [0.25, 0.3) is 0 Å². The van der Waals surface area contributed by atoms with Crippen molar-refractivity contribution in [1.29, 1.82) is 0 Å². The maximum absolute atomic E-state index is 11.7. The fourth-order valence-corrected chi connectivity index (χ4v) is 1.51. The molecule has 1 aliphatic carbocycles. The van der Waals surface area contributed by atoms with Crippen molar-refractivity contribution in [1.82, 2.24) is 0 Å². The monoisotopic (exact) mass is 241 g/mol. The first-order chi connectivity index (χ1) is 8.11. The minimum Gasteiger partial charge on any atom is -0.511 e. The molecule has 6 nitrogen and oxygen atoms in total. The van der Waals surface area contributed by atoms with Crippen LogP contribution in [-0.2, 0) is 19.2 Å². The molecule has 1 N–H and O–H groups in total. The molecule has 0 atom stereocenters. The Bertz CT molecular complexity index is 383. The van der Waals surface area contributed by atoms with Gasteiger partial charge in [-0.3, -0.25) is 4.79 Å². The van der Waals surface area contributed by atoms with Crippen molar-refractivity contribution in [3.63, 3.8) is 0 Å². The topological polar surface area (TPSA) is 85.2 Å². The molecule has 0 saturated carbocycles. The van der Waals surface area contributed by atoms with E-state index >= 15 is 0 Å². The molecule has 1 rings (SSSR count). The van der Waals surface area contributed by atoms with E-state index in [4.69, 9.17) is 4.84 Å². The lowest BCUT2D eigenvalue weighted by molar-refractivity contribution is -0.133. The van der Waals surface area contributed by atoms with E-state index in [-0.39, 0.29) is 35.9 Å². The number of rotatable bonds is 4. The van der Waals surface area contributed by atoms with Gasteiger partial charge >= 0.3 is 5.97 Å². The van der Waals surface area contributed by atoms with Crippen LogP contribution >= 0.6 is 0 Å². The summed E-state index contributed by atoms with van der Waals surface area (Å²) in [6, 6.07) is 0. The molecule has 0 amide bonds. The van der Waals surface area contributed by atoms with Gasteiger partial charge in [-0.1, -0.05) is 5.16 Å². The molecule has 0 heterocycles. The number of aliphatic hydroxyl groups excluding tert-OH is 1. The van der Waals surface area contributed by atoms with Gasteiger partial charge in [0, 0.05) is 12.8 Å². The van der Waals surface area contributed by atoms with Crippen LogP contribution in [0.2, 0.25) is 0 Å². The number of aliphatic hydroxyl groups is 1. The van der Waals surface area contributed by atoms with E-state index in [9.17, 15) is 14.7 Å². The van der Waals surface area contributed by atoms with Crippen molar-refractivity contribution < 1.29 is 24.3 Å². The molecule has 0 aromatic carbocycles. The van der Waals surface area contributed by atoms with E-state index in [1.165, 1.54) is 7.11 Å². The molecule has 0 fully saturated rings. The Morgan fingerprint density at radius 1 is 1.47 bits per heavy atom. The zero-order chi connectivity index (χ0) is 12.8. The van der Waals surface area contributed by atoms with Gasteiger partial charge in [-0.25, -0.2) is 4.79 Å². The molecule has 6 heteroatoms. The van der Waals surface area contributed by atoms with Crippen LogP contribution in [0.5, 0.6) is 0 Å². The normalized spacial score (nSPS) is 17.1. The molecule has 94 valence electrons. The van der Waals surface area contributed by atoms with E-state index in [1.54, 1.807) is 6.92 Å². The summed E-state index contributed by atoms with van der Waals surface area (Å²) < 4.78 is 4.51. The quantitative estimate of drug-likeness (QED) is 0.453. The number of ketones is 1. The summed E-state index contributed by atoms with van der Waals surface area (Å²) in [7, 11) is 1.18. The van der Waals surface area contributed by atoms with Crippen molar-refractivity contribution in [2.75, 3.05) is 13.7 Å². The number of carbonyl (C=O) groups is 2. The molecule has 0 radical (unpaired) electrons. The molecule has 0 aromatic rings. The Kier molecular flexibility index (Phi) is 4.68. The van der Waals surface area contributed by atoms with Crippen LogP contribution in [0.1, 0.15) is 26.2 Å². The number of oxime groups is 1. The standard InChI is InChI=1S/C11H15NO5/c1-3-17-12-10(11(15)16-2)9-7(13)5-4-6-8(9)14/h13H,3-6H2,1-2H3/b12-10-. The molecule has 0 aromatic heterocycles. The number of ether oxygens (including phenoxy) is 1. The Hall–Kier alpha value is -1.85. The van der Waals surface area contributed by atoms with Gasteiger partial charge in [0.15, 0.2) is 5.78 Å². The number of Topliss-reactive ketones (excluding diaryl/α,β-unsaturated/α-hetero) is 1. The van der Waals surface area contributed by atoms with Gasteiger partial charge < -0.3 is 14.7 Å².